The topological polar surface area (TPSA) is 55.8 Å². The maximum atomic E-state index is 12.6. The van der Waals surface area contributed by atoms with Crippen LogP contribution in [0.3, 0.4) is 0 Å². The van der Waals surface area contributed by atoms with Gasteiger partial charge in [-0.25, -0.2) is 4.79 Å². The number of carbonyl (C=O) groups excluding carboxylic acids is 2. The van der Waals surface area contributed by atoms with Crippen molar-refractivity contribution in [2.75, 3.05) is 13.2 Å². The van der Waals surface area contributed by atoms with Crippen molar-refractivity contribution in [1.82, 2.24) is 4.90 Å². The lowest BCUT2D eigenvalue weighted by Gasteiger charge is -2.40. The van der Waals surface area contributed by atoms with E-state index in [2.05, 4.69) is 0 Å². The standard InChI is InChI=1S/C19H25NO4/c1-19(18(22)20-12-7-10-16(20)17(21)24-19)11-5-6-13-23-14-15-8-3-2-4-9-15/h2-4,8-9,16H,5-7,10-14H2,1H3/t16-,19-/m0/s1. The van der Waals surface area contributed by atoms with Gasteiger partial charge in [0.2, 0.25) is 0 Å². The molecule has 2 fully saturated rings. The van der Waals surface area contributed by atoms with Crippen LogP contribution < -0.4 is 0 Å². The normalized spacial score (nSPS) is 26.4. The summed E-state index contributed by atoms with van der Waals surface area (Å²) in [7, 11) is 0. The minimum atomic E-state index is -1.00. The van der Waals surface area contributed by atoms with Gasteiger partial charge in [0.15, 0.2) is 5.60 Å². The zero-order valence-electron chi connectivity index (χ0n) is 14.2. The molecule has 130 valence electrons. The molecular weight excluding hydrogens is 306 g/mol. The Balaban J connectivity index is 1.41. The molecule has 2 aliphatic rings. The van der Waals surface area contributed by atoms with Crippen molar-refractivity contribution in [3.8, 4) is 0 Å². The third-order valence-electron chi connectivity index (χ3n) is 4.87. The van der Waals surface area contributed by atoms with E-state index in [9.17, 15) is 9.59 Å². The van der Waals surface area contributed by atoms with Crippen molar-refractivity contribution in [3.63, 3.8) is 0 Å². The molecule has 1 amide bonds. The Kier molecular flexibility index (Phi) is 5.19. The van der Waals surface area contributed by atoms with Gasteiger partial charge < -0.3 is 14.4 Å². The molecule has 5 nitrogen and oxygen atoms in total. The summed E-state index contributed by atoms with van der Waals surface area (Å²) >= 11 is 0. The van der Waals surface area contributed by atoms with E-state index in [-0.39, 0.29) is 17.9 Å². The third kappa shape index (κ3) is 3.61. The highest BCUT2D eigenvalue weighted by molar-refractivity contribution is 5.95. The number of unbranched alkanes of at least 4 members (excludes halogenated alkanes) is 1. The number of fused-ring (bicyclic) bond motifs is 1. The molecule has 0 aliphatic carbocycles. The van der Waals surface area contributed by atoms with Gasteiger partial charge in [-0.2, -0.15) is 0 Å². The number of rotatable bonds is 7. The Morgan fingerprint density at radius 3 is 2.83 bits per heavy atom. The molecule has 2 aliphatic heterocycles. The molecule has 2 heterocycles. The van der Waals surface area contributed by atoms with E-state index in [1.165, 1.54) is 0 Å². The van der Waals surface area contributed by atoms with Crippen LogP contribution in [0.5, 0.6) is 0 Å². The first-order chi connectivity index (χ1) is 11.6. The van der Waals surface area contributed by atoms with Gasteiger partial charge in [0.05, 0.1) is 6.61 Å². The number of cyclic esters (lactones) is 1. The fourth-order valence-corrected chi connectivity index (χ4v) is 3.48. The van der Waals surface area contributed by atoms with E-state index in [4.69, 9.17) is 9.47 Å². The fraction of sp³-hybridized carbons (Fsp3) is 0.579. The lowest BCUT2D eigenvalue weighted by Crippen LogP contribution is -2.59. The molecule has 0 N–H and O–H groups in total. The minimum absolute atomic E-state index is 0.0326. The van der Waals surface area contributed by atoms with Crippen LogP contribution in [-0.2, 0) is 25.7 Å². The zero-order chi connectivity index (χ0) is 17.0. The van der Waals surface area contributed by atoms with Crippen molar-refractivity contribution in [2.45, 2.75) is 57.3 Å². The summed E-state index contributed by atoms with van der Waals surface area (Å²) in [6, 6.07) is 9.70. The highest BCUT2D eigenvalue weighted by Gasteiger charge is 2.51. The zero-order valence-corrected chi connectivity index (χ0v) is 14.2. The SMILES string of the molecule is C[C@@]1(CCCCOCc2ccccc2)OC(=O)[C@@H]2CCCN2C1=O. The summed E-state index contributed by atoms with van der Waals surface area (Å²) in [5, 5.41) is 0. The summed E-state index contributed by atoms with van der Waals surface area (Å²) in [6.45, 7) is 3.65. The molecule has 1 aromatic rings. The van der Waals surface area contributed by atoms with Crippen LogP contribution in [0.1, 0.15) is 44.6 Å². The number of morpholine rings is 1. The number of esters is 1. The van der Waals surface area contributed by atoms with Crippen molar-refractivity contribution in [3.05, 3.63) is 35.9 Å². The van der Waals surface area contributed by atoms with Gasteiger partial charge >= 0.3 is 5.97 Å². The predicted molar refractivity (Wildman–Crippen MR) is 89.2 cm³/mol. The largest absolute Gasteiger partial charge is 0.448 e. The van der Waals surface area contributed by atoms with E-state index in [0.717, 1.165) is 31.2 Å². The van der Waals surface area contributed by atoms with Gasteiger partial charge in [-0.05, 0) is 44.6 Å². The summed E-state index contributed by atoms with van der Waals surface area (Å²) in [4.78, 5) is 26.4. The lowest BCUT2D eigenvalue weighted by molar-refractivity contribution is -0.189. The number of ether oxygens (including phenoxy) is 2. The van der Waals surface area contributed by atoms with Crippen LogP contribution in [0.2, 0.25) is 0 Å². The first-order valence-corrected chi connectivity index (χ1v) is 8.76. The fourth-order valence-electron chi connectivity index (χ4n) is 3.48. The summed E-state index contributed by atoms with van der Waals surface area (Å²) in [6.07, 6.45) is 3.80. The van der Waals surface area contributed by atoms with Crippen LogP contribution in [0, 0.1) is 0 Å². The van der Waals surface area contributed by atoms with Crippen LogP contribution in [-0.4, -0.2) is 41.6 Å². The van der Waals surface area contributed by atoms with Crippen molar-refractivity contribution < 1.29 is 19.1 Å². The monoisotopic (exact) mass is 331 g/mol. The highest BCUT2D eigenvalue weighted by Crippen LogP contribution is 2.33. The number of hydrogen-bond acceptors (Lipinski definition) is 4. The Bertz CT molecular complexity index is 588. The molecule has 24 heavy (non-hydrogen) atoms. The number of amides is 1. The van der Waals surface area contributed by atoms with Crippen molar-refractivity contribution >= 4 is 11.9 Å². The maximum Gasteiger partial charge on any atom is 0.329 e. The molecular formula is C19H25NO4. The van der Waals surface area contributed by atoms with E-state index in [1.807, 2.05) is 30.3 Å². The number of hydrogen-bond donors (Lipinski definition) is 0. The molecule has 0 bridgehead atoms. The van der Waals surface area contributed by atoms with Crippen molar-refractivity contribution in [1.29, 1.82) is 0 Å². The smallest absolute Gasteiger partial charge is 0.329 e. The first-order valence-electron chi connectivity index (χ1n) is 8.76. The van der Waals surface area contributed by atoms with Crippen LogP contribution >= 0.6 is 0 Å². The third-order valence-corrected chi connectivity index (χ3v) is 4.87. The molecule has 3 rings (SSSR count). The molecule has 0 radical (unpaired) electrons. The summed E-state index contributed by atoms with van der Waals surface area (Å²) in [5.41, 5.74) is 0.151. The average molecular weight is 331 g/mol. The Morgan fingerprint density at radius 1 is 1.25 bits per heavy atom. The second-order valence-electron chi connectivity index (χ2n) is 6.80. The van der Waals surface area contributed by atoms with Gasteiger partial charge in [0, 0.05) is 13.2 Å². The molecule has 0 spiro atoms. The number of nitrogens with zero attached hydrogens (tertiary/aromatic N) is 1. The lowest BCUT2D eigenvalue weighted by atomic mass is 9.94. The van der Waals surface area contributed by atoms with Gasteiger partial charge in [-0.1, -0.05) is 30.3 Å². The number of benzene rings is 1. The van der Waals surface area contributed by atoms with Crippen LogP contribution in [0.15, 0.2) is 30.3 Å². The summed E-state index contributed by atoms with van der Waals surface area (Å²) in [5.74, 6) is -0.273. The van der Waals surface area contributed by atoms with E-state index in [0.29, 0.717) is 26.2 Å². The molecule has 1 aromatic carbocycles. The molecule has 0 unspecified atom stereocenters. The van der Waals surface area contributed by atoms with E-state index < -0.39 is 5.60 Å². The van der Waals surface area contributed by atoms with E-state index in [1.54, 1.807) is 11.8 Å². The van der Waals surface area contributed by atoms with Crippen molar-refractivity contribution in [2.24, 2.45) is 0 Å². The number of carbonyl (C=O) groups is 2. The van der Waals surface area contributed by atoms with Crippen LogP contribution in [0.25, 0.3) is 0 Å². The molecule has 2 atom stereocenters. The highest BCUT2D eigenvalue weighted by atomic mass is 16.6. The van der Waals surface area contributed by atoms with Gasteiger partial charge in [0.25, 0.3) is 5.91 Å². The van der Waals surface area contributed by atoms with Gasteiger partial charge in [0.1, 0.15) is 6.04 Å². The molecule has 5 heteroatoms. The van der Waals surface area contributed by atoms with Gasteiger partial charge in [-0.3, -0.25) is 4.79 Å². The average Bonchev–Trinajstić information content (AvgIpc) is 3.07. The molecule has 2 saturated heterocycles. The molecule has 0 saturated carbocycles. The Morgan fingerprint density at radius 2 is 2.04 bits per heavy atom. The van der Waals surface area contributed by atoms with E-state index >= 15 is 0 Å². The van der Waals surface area contributed by atoms with Gasteiger partial charge in [-0.15, -0.1) is 0 Å². The Labute approximate surface area is 142 Å². The Hall–Kier alpha value is -1.88. The molecule has 0 aromatic heterocycles. The maximum absolute atomic E-state index is 12.6. The summed E-state index contributed by atoms with van der Waals surface area (Å²) < 4.78 is 11.2. The second-order valence-corrected chi connectivity index (χ2v) is 6.80. The van der Waals surface area contributed by atoms with Crippen LogP contribution in [0.4, 0.5) is 0 Å². The predicted octanol–water partition coefficient (Wildman–Crippen LogP) is 2.68. The quantitative estimate of drug-likeness (QED) is 0.569. The minimum Gasteiger partial charge on any atom is -0.448 e. The second kappa shape index (κ2) is 7.34. The first kappa shape index (κ1) is 17.0.